The second kappa shape index (κ2) is 5.17. The summed E-state index contributed by atoms with van der Waals surface area (Å²) in [5.41, 5.74) is -0.206. The van der Waals surface area contributed by atoms with Gasteiger partial charge < -0.3 is 5.11 Å². The molecule has 0 saturated carbocycles. The van der Waals surface area contributed by atoms with Gasteiger partial charge in [-0.3, -0.25) is 0 Å². The van der Waals surface area contributed by atoms with Crippen molar-refractivity contribution in [1.29, 1.82) is 0 Å². The van der Waals surface area contributed by atoms with Gasteiger partial charge in [0.25, 0.3) is 0 Å². The van der Waals surface area contributed by atoms with Gasteiger partial charge in [0.05, 0.1) is 10.6 Å². The molecule has 0 radical (unpaired) electrons. The summed E-state index contributed by atoms with van der Waals surface area (Å²) in [4.78, 5) is 0.0570. The van der Waals surface area contributed by atoms with Crippen LogP contribution in [0.1, 0.15) is 19.4 Å². The Hall–Kier alpha value is -0.620. The van der Waals surface area contributed by atoms with E-state index in [4.69, 9.17) is 11.6 Å². The van der Waals surface area contributed by atoms with Gasteiger partial charge in [-0.05, 0) is 38.5 Å². The molecule has 0 atom stereocenters. The SMILES string of the molecule is Cc1ccc(S(=O)(=O)N(C)CC(C)(C)O)c(Cl)c1. The molecule has 1 aromatic rings. The molecule has 102 valence electrons. The zero-order valence-electron chi connectivity index (χ0n) is 10.9. The zero-order chi connectivity index (χ0) is 14.1. The second-order valence-electron chi connectivity index (χ2n) is 5.01. The summed E-state index contributed by atoms with van der Waals surface area (Å²) < 4.78 is 25.6. The molecule has 0 unspecified atom stereocenters. The average molecular weight is 292 g/mol. The third-order valence-corrected chi connectivity index (χ3v) is 4.67. The fourth-order valence-corrected chi connectivity index (χ4v) is 3.51. The monoisotopic (exact) mass is 291 g/mol. The molecule has 0 amide bonds. The first-order chi connectivity index (χ1) is 8.04. The van der Waals surface area contributed by atoms with Gasteiger partial charge in [-0.15, -0.1) is 0 Å². The van der Waals surface area contributed by atoms with Crippen molar-refractivity contribution in [1.82, 2.24) is 4.31 Å². The Morgan fingerprint density at radius 3 is 2.39 bits per heavy atom. The van der Waals surface area contributed by atoms with Crippen LogP contribution >= 0.6 is 11.6 Å². The number of aliphatic hydroxyl groups is 1. The lowest BCUT2D eigenvalue weighted by molar-refractivity contribution is 0.0640. The highest BCUT2D eigenvalue weighted by molar-refractivity contribution is 7.89. The van der Waals surface area contributed by atoms with E-state index >= 15 is 0 Å². The van der Waals surface area contributed by atoms with Gasteiger partial charge in [0.15, 0.2) is 0 Å². The summed E-state index contributed by atoms with van der Waals surface area (Å²) in [6, 6.07) is 4.77. The third-order valence-electron chi connectivity index (χ3n) is 2.39. The quantitative estimate of drug-likeness (QED) is 0.923. The molecular formula is C12H18ClNO3S. The van der Waals surface area contributed by atoms with Gasteiger partial charge in [-0.2, -0.15) is 4.31 Å². The van der Waals surface area contributed by atoms with Crippen LogP contribution in [0, 0.1) is 6.92 Å². The van der Waals surface area contributed by atoms with E-state index in [0.717, 1.165) is 9.87 Å². The minimum absolute atomic E-state index is 0.000458. The summed E-state index contributed by atoms with van der Waals surface area (Å²) in [7, 11) is -2.26. The van der Waals surface area contributed by atoms with E-state index in [-0.39, 0.29) is 16.5 Å². The van der Waals surface area contributed by atoms with E-state index in [0.29, 0.717) is 0 Å². The molecule has 0 bridgehead atoms. The first-order valence-electron chi connectivity index (χ1n) is 5.49. The van der Waals surface area contributed by atoms with Crippen molar-refractivity contribution in [3.63, 3.8) is 0 Å². The summed E-state index contributed by atoms with van der Waals surface area (Å²) in [6.45, 7) is 4.94. The Balaban J connectivity index is 3.14. The highest BCUT2D eigenvalue weighted by Gasteiger charge is 2.27. The highest BCUT2D eigenvalue weighted by Crippen LogP contribution is 2.25. The van der Waals surface area contributed by atoms with Crippen molar-refractivity contribution >= 4 is 21.6 Å². The lowest BCUT2D eigenvalue weighted by atomic mass is 10.1. The normalized spacial score (nSPS) is 13.1. The number of hydrogen-bond donors (Lipinski definition) is 1. The first kappa shape index (κ1) is 15.4. The third kappa shape index (κ3) is 3.68. The highest BCUT2D eigenvalue weighted by atomic mass is 35.5. The number of nitrogens with zero attached hydrogens (tertiary/aromatic N) is 1. The number of hydrogen-bond acceptors (Lipinski definition) is 3. The first-order valence-corrected chi connectivity index (χ1v) is 7.31. The molecular weight excluding hydrogens is 274 g/mol. The maximum absolute atomic E-state index is 12.3. The van der Waals surface area contributed by atoms with Crippen LogP contribution in [0.15, 0.2) is 23.1 Å². The van der Waals surface area contributed by atoms with Crippen molar-refractivity contribution in [2.75, 3.05) is 13.6 Å². The Morgan fingerprint density at radius 2 is 1.94 bits per heavy atom. The largest absolute Gasteiger partial charge is 0.389 e. The molecule has 0 aromatic heterocycles. The molecule has 1 N–H and O–H groups in total. The van der Waals surface area contributed by atoms with Crippen LogP contribution in [0.5, 0.6) is 0 Å². The summed E-state index contributed by atoms with van der Waals surface area (Å²) in [5, 5.41) is 9.86. The molecule has 4 nitrogen and oxygen atoms in total. The van der Waals surface area contributed by atoms with Crippen LogP contribution in [-0.2, 0) is 10.0 Å². The fourth-order valence-electron chi connectivity index (χ4n) is 1.61. The smallest absolute Gasteiger partial charge is 0.244 e. The van der Waals surface area contributed by atoms with Crippen molar-refractivity contribution in [3.05, 3.63) is 28.8 Å². The molecule has 1 rings (SSSR count). The van der Waals surface area contributed by atoms with Crippen molar-refractivity contribution in [2.24, 2.45) is 0 Å². The molecule has 0 aliphatic heterocycles. The summed E-state index contributed by atoms with van der Waals surface area (Å²) in [5.74, 6) is 0. The summed E-state index contributed by atoms with van der Waals surface area (Å²) in [6.07, 6.45) is 0. The van der Waals surface area contributed by atoms with Crippen molar-refractivity contribution in [2.45, 2.75) is 31.3 Å². The Morgan fingerprint density at radius 1 is 1.39 bits per heavy atom. The van der Waals surface area contributed by atoms with Gasteiger partial charge in [0.1, 0.15) is 4.90 Å². The lowest BCUT2D eigenvalue weighted by Crippen LogP contribution is -2.39. The maximum Gasteiger partial charge on any atom is 0.244 e. The molecule has 0 heterocycles. The minimum atomic E-state index is -3.68. The molecule has 0 spiro atoms. The maximum atomic E-state index is 12.3. The number of aryl methyl sites for hydroxylation is 1. The van der Waals surface area contributed by atoms with Gasteiger partial charge in [-0.1, -0.05) is 17.7 Å². The molecule has 0 fully saturated rings. The topological polar surface area (TPSA) is 57.6 Å². The van der Waals surface area contributed by atoms with Gasteiger partial charge >= 0.3 is 0 Å². The van der Waals surface area contributed by atoms with Gasteiger partial charge in [-0.25, -0.2) is 8.42 Å². The average Bonchev–Trinajstić information content (AvgIpc) is 2.13. The number of likely N-dealkylation sites (N-methyl/N-ethyl adjacent to an activating group) is 1. The van der Waals surface area contributed by atoms with Crippen LogP contribution in [0.2, 0.25) is 5.02 Å². The molecule has 0 aliphatic rings. The lowest BCUT2D eigenvalue weighted by Gasteiger charge is -2.25. The van der Waals surface area contributed by atoms with Gasteiger partial charge in [0.2, 0.25) is 10.0 Å². The predicted octanol–water partition coefficient (Wildman–Crippen LogP) is 2.04. The molecule has 0 aliphatic carbocycles. The Labute approximate surface area is 113 Å². The Kier molecular flexibility index (Phi) is 4.43. The van der Waals surface area contributed by atoms with E-state index < -0.39 is 15.6 Å². The van der Waals surface area contributed by atoms with Crippen LogP contribution < -0.4 is 0 Å². The standard InChI is InChI=1S/C12H18ClNO3S/c1-9-5-6-11(10(13)7-9)18(16,17)14(4)8-12(2,3)15/h5-7,15H,8H2,1-4H3. The number of halogens is 1. The predicted molar refractivity (Wildman–Crippen MR) is 72.3 cm³/mol. The van der Waals surface area contributed by atoms with E-state index in [2.05, 4.69) is 0 Å². The van der Waals surface area contributed by atoms with Crippen LogP contribution in [-0.4, -0.2) is 37.0 Å². The molecule has 18 heavy (non-hydrogen) atoms. The van der Waals surface area contributed by atoms with E-state index in [1.54, 1.807) is 26.0 Å². The second-order valence-corrected chi connectivity index (χ2v) is 7.43. The van der Waals surface area contributed by atoms with Crippen molar-refractivity contribution < 1.29 is 13.5 Å². The molecule has 6 heteroatoms. The van der Waals surface area contributed by atoms with Crippen LogP contribution in [0.4, 0.5) is 0 Å². The zero-order valence-corrected chi connectivity index (χ0v) is 12.5. The van der Waals surface area contributed by atoms with Gasteiger partial charge in [0, 0.05) is 13.6 Å². The van der Waals surface area contributed by atoms with Crippen LogP contribution in [0.3, 0.4) is 0 Å². The Bertz CT molecular complexity index is 535. The minimum Gasteiger partial charge on any atom is -0.389 e. The molecule has 0 saturated heterocycles. The van der Waals surface area contributed by atoms with Crippen LogP contribution in [0.25, 0.3) is 0 Å². The van der Waals surface area contributed by atoms with E-state index in [1.165, 1.54) is 13.1 Å². The van der Waals surface area contributed by atoms with Crippen molar-refractivity contribution in [3.8, 4) is 0 Å². The molecule has 1 aromatic carbocycles. The summed E-state index contributed by atoms with van der Waals surface area (Å²) >= 11 is 5.96. The van der Waals surface area contributed by atoms with E-state index in [9.17, 15) is 13.5 Å². The fraction of sp³-hybridized carbons (Fsp3) is 0.500. The number of sulfonamides is 1. The van der Waals surface area contributed by atoms with E-state index in [1.807, 2.05) is 6.92 Å². The number of rotatable bonds is 4. The number of benzene rings is 1.